The lowest BCUT2D eigenvalue weighted by atomic mass is 10.1. The molecule has 0 bridgehead atoms. The first-order valence-corrected chi connectivity index (χ1v) is 13.5. The van der Waals surface area contributed by atoms with Crippen molar-refractivity contribution >= 4 is 39.1 Å². The number of benzene rings is 3. The Morgan fingerprint density at radius 3 is 2.06 bits per heavy atom. The number of carbonyl (C=O) groups is 2. The molecule has 0 aromatic heterocycles. The third kappa shape index (κ3) is 6.65. The number of nitrogens with zero attached hydrogens (tertiary/aromatic N) is 2. The molecule has 0 unspecified atom stereocenters. The van der Waals surface area contributed by atoms with E-state index in [1.54, 1.807) is 42.5 Å². The molecule has 0 aliphatic carbocycles. The summed E-state index contributed by atoms with van der Waals surface area (Å²) in [4.78, 5) is 27.9. The monoisotopic (exact) mass is 527 g/mol. The fraction of sp³-hybridized carbons (Fsp3) is 0.259. The summed E-state index contributed by atoms with van der Waals surface area (Å²) in [6, 6.07) is 23.1. The second-order valence-corrected chi connectivity index (χ2v) is 10.5. The Kier molecular flexibility index (Phi) is 9.50. The summed E-state index contributed by atoms with van der Waals surface area (Å²) in [5.41, 5.74) is 1.31. The van der Waals surface area contributed by atoms with E-state index in [9.17, 15) is 18.0 Å². The maximum Gasteiger partial charge on any atom is 0.264 e. The molecular weight excluding hydrogens is 498 g/mol. The van der Waals surface area contributed by atoms with Gasteiger partial charge in [-0.25, -0.2) is 8.42 Å². The van der Waals surface area contributed by atoms with Gasteiger partial charge in [0.2, 0.25) is 11.8 Å². The van der Waals surface area contributed by atoms with E-state index >= 15 is 0 Å². The van der Waals surface area contributed by atoms with Crippen LogP contribution in [0.5, 0.6) is 0 Å². The summed E-state index contributed by atoms with van der Waals surface area (Å²) in [5.74, 6) is -0.779. The van der Waals surface area contributed by atoms with Gasteiger partial charge in [-0.15, -0.1) is 0 Å². The van der Waals surface area contributed by atoms with E-state index in [0.29, 0.717) is 23.6 Å². The lowest BCUT2D eigenvalue weighted by Crippen LogP contribution is -2.52. The zero-order valence-electron chi connectivity index (χ0n) is 20.3. The quantitative estimate of drug-likeness (QED) is 0.406. The molecule has 3 aromatic rings. The number of carbonyl (C=O) groups excluding carboxylic acids is 2. The topological polar surface area (TPSA) is 86.8 Å². The second-order valence-electron chi connectivity index (χ2n) is 8.16. The molecule has 0 aliphatic rings. The summed E-state index contributed by atoms with van der Waals surface area (Å²) in [6.45, 7) is 1.61. The molecular formula is C27H30ClN3O4S. The SMILES string of the molecule is CC[C@@H](C(=O)NC)N(CCc1ccccc1)C(=O)CN(c1ccc(Cl)cc1)S(=O)(=O)c1ccccc1. The van der Waals surface area contributed by atoms with Gasteiger partial charge in [0.1, 0.15) is 12.6 Å². The lowest BCUT2D eigenvalue weighted by molar-refractivity contribution is -0.139. The molecule has 2 amide bonds. The van der Waals surface area contributed by atoms with Crippen LogP contribution in [0.25, 0.3) is 0 Å². The minimum atomic E-state index is -4.08. The molecule has 1 atom stereocenters. The Morgan fingerprint density at radius 1 is 0.917 bits per heavy atom. The van der Waals surface area contributed by atoms with Crippen molar-refractivity contribution in [3.05, 3.63) is 95.5 Å². The number of rotatable bonds is 11. The summed E-state index contributed by atoms with van der Waals surface area (Å²) < 4.78 is 28.3. The summed E-state index contributed by atoms with van der Waals surface area (Å²) in [5, 5.41) is 3.06. The van der Waals surface area contributed by atoms with Crippen LogP contribution in [-0.2, 0) is 26.0 Å². The number of nitrogens with one attached hydrogen (secondary N) is 1. The first-order chi connectivity index (χ1) is 17.3. The Labute approximate surface area is 217 Å². The third-order valence-corrected chi connectivity index (χ3v) is 7.88. The lowest BCUT2D eigenvalue weighted by Gasteiger charge is -2.33. The average Bonchev–Trinajstić information content (AvgIpc) is 2.90. The molecule has 3 rings (SSSR count). The fourth-order valence-electron chi connectivity index (χ4n) is 3.92. The molecule has 0 aliphatic heterocycles. The van der Waals surface area contributed by atoms with E-state index in [1.807, 2.05) is 37.3 Å². The maximum atomic E-state index is 13.7. The van der Waals surface area contributed by atoms with Crippen molar-refractivity contribution in [3.63, 3.8) is 0 Å². The van der Waals surface area contributed by atoms with Crippen molar-refractivity contribution in [2.45, 2.75) is 30.7 Å². The zero-order valence-corrected chi connectivity index (χ0v) is 21.9. The van der Waals surface area contributed by atoms with Crippen molar-refractivity contribution in [1.29, 1.82) is 0 Å². The average molecular weight is 528 g/mol. The highest BCUT2D eigenvalue weighted by Gasteiger charge is 2.33. The Bertz CT molecular complexity index is 1250. The van der Waals surface area contributed by atoms with Gasteiger partial charge >= 0.3 is 0 Å². The largest absolute Gasteiger partial charge is 0.357 e. The van der Waals surface area contributed by atoms with Gasteiger partial charge in [-0.3, -0.25) is 13.9 Å². The van der Waals surface area contributed by atoms with Crippen molar-refractivity contribution in [3.8, 4) is 0 Å². The number of halogens is 1. The minimum Gasteiger partial charge on any atom is -0.357 e. The van der Waals surface area contributed by atoms with E-state index in [4.69, 9.17) is 11.6 Å². The second kappa shape index (κ2) is 12.6. The van der Waals surface area contributed by atoms with Gasteiger partial charge < -0.3 is 10.2 Å². The van der Waals surface area contributed by atoms with E-state index in [1.165, 1.54) is 24.1 Å². The number of sulfonamides is 1. The van der Waals surface area contributed by atoms with Crippen LogP contribution in [-0.4, -0.2) is 51.3 Å². The minimum absolute atomic E-state index is 0.0573. The summed E-state index contributed by atoms with van der Waals surface area (Å²) >= 11 is 6.03. The van der Waals surface area contributed by atoms with Gasteiger partial charge in [-0.1, -0.05) is 67.1 Å². The van der Waals surface area contributed by atoms with E-state index < -0.39 is 28.5 Å². The molecule has 36 heavy (non-hydrogen) atoms. The Balaban J connectivity index is 1.98. The highest BCUT2D eigenvalue weighted by atomic mass is 35.5. The molecule has 190 valence electrons. The molecule has 0 heterocycles. The highest BCUT2D eigenvalue weighted by Crippen LogP contribution is 2.26. The van der Waals surface area contributed by atoms with Crippen LogP contribution in [0.15, 0.2) is 89.8 Å². The van der Waals surface area contributed by atoms with E-state index in [2.05, 4.69) is 5.32 Å². The van der Waals surface area contributed by atoms with Crippen LogP contribution >= 0.6 is 11.6 Å². The Morgan fingerprint density at radius 2 is 1.50 bits per heavy atom. The summed E-state index contributed by atoms with van der Waals surface area (Å²) in [7, 11) is -2.56. The number of hydrogen-bond acceptors (Lipinski definition) is 4. The predicted molar refractivity (Wildman–Crippen MR) is 142 cm³/mol. The molecule has 3 aromatic carbocycles. The van der Waals surface area contributed by atoms with Gasteiger partial charge in [-0.05, 0) is 54.8 Å². The van der Waals surface area contributed by atoms with Crippen LogP contribution in [0.4, 0.5) is 5.69 Å². The molecule has 7 nitrogen and oxygen atoms in total. The first-order valence-electron chi connectivity index (χ1n) is 11.7. The normalized spacial score (nSPS) is 12.0. The number of amides is 2. The molecule has 9 heteroatoms. The molecule has 0 spiro atoms. The van der Waals surface area contributed by atoms with Crippen LogP contribution < -0.4 is 9.62 Å². The van der Waals surface area contributed by atoms with Crippen molar-refractivity contribution < 1.29 is 18.0 Å². The van der Waals surface area contributed by atoms with Crippen LogP contribution in [0.1, 0.15) is 18.9 Å². The number of likely N-dealkylation sites (N-methyl/N-ethyl adjacent to an activating group) is 1. The molecule has 0 saturated carbocycles. The van der Waals surface area contributed by atoms with Crippen LogP contribution in [0.3, 0.4) is 0 Å². The molecule has 0 fully saturated rings. The Hall–Kier alpha value is -3.36. The smallest absolute Gasteiger partial charge is 0.264 e. The third-order valence-electron chi connectivity index (χ3n) is 5.84. The molecule has 0 radical (unpaired) electrons. The zero-order chi connectivity index (χ0) is 26.1. The van der Waals surface area contributed by atoms with Gasteiger partial charge in [0.25, 0.3) is 10.0 Å². The molecule has 1 N–H and O–H groups in total. The number of hydrogen-bond donors (Lipinski definition) is 1. The number of anilines is 1. The van der Waals surface area contributed by atoms with Gasteiger partial charge in [0.05, 0.1) is 10.6 Å². The van der Waals surface area contributed by atoms with Crippen molar-refractivity contribution in [2.24, 2.45) is 0 Å². The predicted octanol–water partition coefficient (Wildman–Crippen LogP) is 4.13. The van der Waals surface area contributed by atoms with Crippen molar-refractivity contribution in [1.82, 2.24) is 10.2 Å². The van der Waals surface area contributed by atoms with Gasteiger partial charge in [-0.2, -0.15) is 0 Å². The molecule has 0 saturated heterocycles. The van der Waals surface area contributed by atoms with Crippen LogP contribution in [0.2, 0.25) is 5.02 Å². The van der Waals surface area contributed by atoms with E-state index in [0.717, 1.165) is 9.87 Å². The summed E-state index contributed by atoms with van der Waals surface area (Å²) in [6.07, 6.45) is 0.902. The van der Waals surface area contributed by atoms with Crippen molar-refractivity contribution in [2.75, 3.05) is 24.4 Å². The van der Waals surface area contributed by atoms with E-state index in [-0.39, 0.29) is 17.3 Å². The van der Waals surface area contributed by atoms with Gasteiger partial charge in [0.15, 0.2) is 0 Å². The first kappa shape index (κ1) is 27.2. The fourth-order valence-corrected chi connectivity index (χ4v) is 5.48. The maximum absolute atomic E-state index is 13.7. The highest BCUT2D eigenvalue weighted by molar-refractivity contribution is 7.92. The standard InChI is InChI=1S/C27H30ClN3O4S/c1-3-25(27(33)29-2)30(19-18-21-10-6-4-7-11-21)26(32)20-31(23-16-14-22(28)15-17-23)36(34,35)24-12-8-5-9-13-24/h4-17,25H,3,18-20H2,1-2H3,(H,29,33)/t25-/m0/s1. The van der Waals surface area contributed by atoms with Gasteiger partial charge in [0, 0.05) is 18.6 Å². The van der Waals surface area contributed by atoms with Crippen LogP contribution in [0, 0.1) is 0 Å².